The van der Waals surface area contributed by atoms with Gasteiger partial charge in [0.25, 0.3) is 5.91 Å². The van der Waals surface area contributed by atoms with Gasteiger partial charge in [-0.2, -0.15) is 5.26 Å². The molecule has 2 atom stereocenters. The van der Waals surface area contributed by atoms with E-state index in [0.29, 0.717) is 48.5 Å². The number of nitrogens with two attached hydrogens (primary N) is 1. The van der Waals surface area contributed by atoms with E-state index in [0.717, 1.165) is 0 Å². The fourth-order valence-electron chi connectivity index (χ4n) is 3.91. The van der Waals surface area contributed by atoms with Gasteiger partial charge < -0.3 is 24.8 Å². The number of hydrogen-bond acceptors (Lipinski definition) is 7. The number of aromatic nitrogens is 1. The zero-order chi connectivity index (χ0) is 23.3. The van der Waals surface area contributed by atoms with Crippen LogP contribution in [0.5, 0.6) is 11.5 Å². The topological polar surface area (TPSA) is 128 Å². The van der Waals surface area contributed by atoms with E-state index in [1.807, 2.05) is 19.9 Å². The van der Waals surface area contributed by atoms with E-state index < -0.39 is 5.91 Å². The third-order valence-electron chi connectivity index (χ3n) is 5.44. The van der Waals surface area contributed by atoms with Gasteiger partial charge in [0.05, 0.1) is 36.0 Å². The summed E-state index contributed by atoms with van der Waals surface area (Å²) in [6.07, 6.45) is 1.93. The van der Waals surface area contributed by atoms with Crippen LogP contribution in [0.1, 0.15) is 37.0 Å². The molecule has 2 aromatic rings. The summed E-state index contributed by atoms with van der Waals surface area (Å²) in [4.78, 5) is 29.9. The van der Waals surface area contributed by atoms with Crippen molar-refractivity contribution in [3.05, 3.63) is 30.0 Å². The summed E-state index contributed by atoms with van der Waals surface area (Å²) in [6, 6.07) is 7.00. The van der Waals surface area contributed by atoms with Crippen molar-refractivity contribution in [2.45, 2.75) is 38.9 Å². The highest BCUT2D eigenvalue weighted by Gasteiger charge is 2.35. The number of hydrogen-bond donors (Lipinski definition) is 1. The Morgan fingerprint density at radius 3 is 2.75 bits per heavy atom. The summed E-state index contributed by atoms with van der Waals surface area (Å²) < 4.78 is 17.4. The fraction of sp³-hybridized carbons (Fsp3) is 0.478. The molecule has 1 aliphatic rings. The minimum Gasteiger partial charge on any atom is -0.493 e. The van der Waals surface area contributed by atoms with Gasteiger partial charge in [0.2, 0.25) is 5.91 Å². The Bertz CT molecular complexity index is 1030. The first-order valence-corrected chi connectivity index (χ1v) is 10.5. The highest BCUT2D eigenvalue weighted by atomic mass is 16.5. The van der Waals surface area contributed by atoms with Crippen molar-refractivity contribution in [1.29, 1.82) is 5.26 Å². The highest BCUT2D eigenvalue weighted by molar-refractivity contribution is 6.01. The molecule has 1 saturated heterocycles. The summed E-state index contributed by atoms with van der Waals surface area (Å²) >= 11 is 0. The van der Waals surface area contributed by atoms with Gasteiger partial charge in [-0.15, -0.1) is 0 Å². The second-order valence-electron chi connectivity index (χ2n) is 8.01. The maximum absolute atomic E-state index is 12.0. The average Bonchev–Trinajstić information content (AvgIpc) is 3.16. The molecule has 2 amide bonds. The summed E-state index contributed by atoms with van der Waals surface area (Å²) in [5.74, 6) is 0.347. The molecule has 3 rings (SSSR count). The fourth-order valence-corrected chi connectivity index (χ4v) is 3.91. The number of amides is 2. The van der Waals surface area contributed by atoms with Crippen molar-refractivity contribution >= 4 is 22.7 Å². The maximum atomic E-state index is 12.0. The number of fused-ring (bicyclic) bond motifs is 1. The molecule has 2 heterocycles. The van der Waals surface area contributed by atoms with Crippen molar-refractivity contribution in [2.75, 3.05) is 26.8 Å². The Morgan fingerprint density at radius 2 is 2.09 bits per heavy atom. The van der Waals surface area contributed by atoms with Crippen LogP contribution in [0.2, 0.25) is 0 Å². The van der Waals surface area contributed by atoms with Crippen LogP contribution in [-0.4, -0.2) is 60.7 Å². The molecule has 32 heavy (non-hydrogen) atoms. The molecule has 2 N–H and O–H groups in total. The number of carbonyl (C=O) groups excluding carboxylic acids is 2. The Morgan fingerprint density at radius 1 is 1.31 bits per heavy atom. The SMILES string of the molecule is CO[C@H]1CN(C(=O)CC#N)C[C@@H]1CCOc1ccnc2cc(C(N)=O)c(OC(C)C)cc12. The minimum absolute atomic E-state index is 0.0976. The van der Waals surface area contributed by atoms with E-state index in [1.165, 1.54) is 0 Å². The summed E-state index contributed by atoms with van der Waals surface area (Å²) in [7, 11) is 1.62. The Hall–Kier alpha value is -3.38. The number of nitrogens with zero attached hydrogens (tertiary/aromatic N) is 3. The van der Waals surface area contributed by atoms with E-state index in [-0.39, 0.29) is 36.0 Å². The standard InChI is InChI=1S/C23H28N4O5/c1-14(2)32-20-11-16-18(10-17(20)23(25)29)26-8-5-19(16)31-9-6-15-12-27(13-21(15)30-3)22(28)4-7-24/h5,8,10-11,14-15,21H,4,6,9,12-13H2,1-3H3,(H2,25,29)/t15-,21-/m0/s1. The van der Waals surface area contributed by atoms with Crippen LogP contribution in [0.3, 0.4) is 0 Å². The zero-order valence-corrected chi connectivity index (χ0v) is 18.5. The van der Waals surface area contributed by atoms with Crippen molar-refractivity contribution in [1.82, 2.24) is 9.88 Å². The Balaban J connectivity index is 1.74. The van der Waals surface area contributed by atoms with E-state index in [2.05, 4.69) is 4.98 Å². The van der Waals surface area contributed by atoms with Gasteiger partial charge >= 0.3 is 0 Å². The lowest BCUT2D eigenvalue weighted by Gasteiger charge is -2.18. The molecule has 9 heteroatoms. The van der Waals surface area contributed by atoms with Gasteiger partial charge in [-0.1, -0.05) is 0 Å². The number of primary amides is 1. The molecule has 0 bridgehead atoms. The first-order valence-electron chi connectivity index (χ1n) is 10.5. The predicted octanol–water partition coefficient (Wildman–Crippen LogP) is 2.28. The van der Waals surface area contributed by atoms with E-state index in [1.54, 1.807) is 36.4 Å². The number of nitriles is 1. The zero-order valence-electron chi connectivity index (χ0n) is 18.5. The smallest absolute Gasteiger partial charge is 0.252 e. The molecular weight excluding hydrogens is 412 g/mol. The second-order valence-corrected chi connectivity index (χ2v) is 8.01. The molecule has 0 spiro atoms. The molecule has 0 unspecified atom stereocenters. The molecule has 1 aromatic carbocycles. The average molecular weight is 441 g/mol. The summed E-state index contributed by atoms with van der Waals surface area (Å²) in [5, 5.41) is 9.48. The normalized spacial score (nSPS) is 18.0. The minimum atomic E-state index is -0.585. The van der Waals surface area contributed by atoms with E-state index in [9.17, 15) is 9.59 Å². The van der Waals surface area contributed by atoms with Gasteiger partial charge in [-0.25, -0.2) is 0 Å². The molecule has 0 radical (unpaired) electrons. The number of carbonyl (C=O) groups is 2. The number of ether oxygens (including phenoxy) is 3. The molecule has 1 aromatic heterocycles. The monoisotopic (exact) mass is 440 g/mol. The number of rotatable bonds is 9. The first kappa shape index (κ1) is 23.3. The third-order valence-corrected chi connectivity index (χ3v) is 5.44. The van der Waals surface area contributed by atoms with Crippen LogP contribution >= 0.6 is 0 Å². The molecular formula is C23H28N4O5. The van der Waals surface area contributed by atoms with Gasteiger partial charge in [0.1, 0.15) is 17.9 Å². The summed E-state index contributed by atoms with van der Waals surface area (Å²) in [5.41, 5.74) is 6.36. The van der Waals surface area contributed by atoms with Gasteiger partial charge in [-0.05, 0) is 38.5 Å². The van der Waals surface area contributed by atoms with Crippen LogP contribution in [0.25, 0.3) is 10.9 Å². The molecule has 1 aliphatic heterocycles. The molecule has 0 aliphatic carbocycles. The van der Waals surface area contributed by atoms with Crippen molar-refractivity contribution < 1.29 is 23.8 Å². The third kappa shape index (κ3) is 5.26. The van der Waals surface area contributed by atoms with Crippen molar-refractivity contribution in [3.8, 4) is 17.6 Å². The van der Waals surface area contributed by atoms with Crippen LogP contribution in [0.4, 0.5) is 0 Å². The molecule has 0 saturated carbocycles. The van der Waals surface area contributed by atoms with Gasteiger partial charge in [0.15, 0.2) is 0 Å². The highest BCUT2D eigenvalue weighted by Crippen LogP contribution is 2.32. The lowest BCUT2D eigenvalue weighted by Crippen LogP contribution is -2.29. The quantitative estimate of drug-likeness (QED) is 0.633. The van der Waals surface area contributed by atoms with E-state index in [4.69, 9.17) is 25.2 Å². The lowest BCUT2D eigenvalue weighted by atomic mass is 10.0. The van der Waals surface area contributed by atoms with Crippen LogP contribution < -0.4 is 15.2 Å². The van der Waals surface area contributed by atoms with Crippen molar-refractivity contribution in [2.24, 2.45) is 11.7 Å². The Kier molecular flexibility index (Phi) is 7.49. The number of methoxy groups -OCH3 is 1. The molecule has 1 fully saturated rings. The molecule has 170 valence electrons. The van der Waals surface area contributed by atoms with Crippen LogP contribution in [0.15, 0.2) is 24.4 Å². The number of likely N-dealkylation sites (tertiary alicyclic amines) is 1. The summed E-state index contributed by atoms with van der Waals surface area (Å²) in [6.45, 7) is 5.16. The number of benzene rings is 1. The first-order chi connectivity index (χ1) is 15.3. The van der Waals surface area contributed by atoms with Gasteiger partial charge in [0, 0.05) is 37.7 Å². The lowest BCUT2D eigenvalue weighted by molar-refractivity contribution is -0.129. The largest absolute Gasteiger partial charge is 0.493 e. The van der Waals surface area contributed by atoms with Crippen LogP contribution in [-0.2, 0) is 9.53 Å². The van der Waals surface area contributed by atoms with E-state index >= 15 is 0 Å². The van der Waals surface area contributed by atoms with Gasteiger partial charge in [-0.3, -0.25) is 14.6 Å². The molecule has 9 nitrogen and oxygen atoms in total. The van der Waals surface area contributed by atoms with Crippen molar-refractivity contribution in [3.63, 3.8) is 0 Å². The second kappa shape index (κ2) is 10.3. The Labute approximate surface area is 187 Å². The number of pyridine rings is 1. The maximum Gasteiger partial charge on any atom is 0.252 e. The van der Waals surface area contributed by atoms with Crippen LogP contribution in [0, 0.1) is 17.2 Å². The predicted molar refractivity (Wildman–Crippen MR) is 117 cm³/mol.